The molecule has 1 atom stereocenters. The van der Waals surface area contributed by atoms with Gasteiger partial charge in [-0.3, -0.25) is 0 Å². The first-order valence-corrected chi connectivity index (χ1v) is 9.90. The molecule has 0 aliphatic heterocycles. The smallest absolute Gasteiger partial charge is 0.147 e. The summed E-state index contributed by atoms with van der Waals surface area (Å²) in [6, 6.07) is 0.502. The van der Waals surface area contributed by atoms with Crippen molar-refractivity contribution in [1.82, 2.24) is 5.32 Å². The van der Waals surface area contributed by atoms with Gasteiger partial charge in [-0.1, -0.05) is 26.7 Å². The lowest BCUT2D eigenvalue weighted by Gasteiger charge is -2.38. The van der Waals surface area contributed by atoms with E-state index in [1.54, 1.807) is 0 Å². The molecule has 1 N–H and O–H groups in total. The summed E-state index contributed by atoms with van der Waals surface area (Å²) < 4.78 is 22.6. The van der Waals surface area contributed by atoms with Crippen LogP contribution in [0.3, 0.4) is 0 Å². The summed E-state index contributed by atoms with van der Waals surface area (Å²) in [6.45, 7) is 5.53. The molecule has 0 saturated heterocycles. The Morgan fingerprint density at radius 3 is 2.32 bits per heavy atom. The van der Waals surface area contributed by atoms with Crippen LogP contribution in [-0.4, -0.2) is 33.0 Å². The van der Waals surface area contributed by atoms with E-state index in [-0.39, 0.29) is 0 Å². The van der Waals surface area contributed by atoms with Crippen molar-refractivity contribution in [2.24, 2.45) is 5.41 Å². The van der Waals surface area contributed by atoms with E-state index in [4.69, 9.17) is 0 Å². The second-order valence-electron chi connectivity index (χ2n) is 6.20. The zero-order chi connectivity index (χ0) is 14.4. The first kappa shape index (κ1) is 17.0. The van der Waals surface area contributed by atoms with E-state index in [0.29, 0.717) is 17.2 Å². The van der Waals surface area contributed by atoms with Crippen molar-refractivity contribution in [3.05, 3.63) is 0 Å². The highest BCUT2D eigenvalue weighted by Gasteiger charge is 2.38. The Morgan fingerprint density at radius 2 is 1.84 bits per heavy atom. The van der Waals surface area contributed by atoms with Crippen LogP contribution in [0.5, 0.6) is 0 Å². The molecule has 114 valence electrons. The summed E-state index contributed by atoms with van der Waals surface area (Å²) in [6.07, 6.45) is 10.8. The molecule has 0 amide bonds. The quantitative estimate of drug-likeness (QED) is 0.709. The average molecular weight is 289 g/mol. The summed E-state index contributed by atoms with van der Waals surface area (Å²) in [5.41, 5.74) is 0.423. The Balaban J connectivity index is 2.60. The van der Waals surface area contributed by atoms with Crippen LogP contribution in [0.4, 0.5) is 0 Å². The monoisotopic (exact) mass is 289 g/mol. The van der Waals surface area contributed by atoms with Crippen molar-refractivity contribution in [3.63, 3.8) is 0 Å². The van der Waals surface area contributed by atoms with Crippen LogP contribution in [0, 0.1) is 5.41 Å². The normalized spacial score (nSPS) is 20.6. The molecule has 0 radical (unpaired) electrons. The lowest BCUT2D eigenvalue weighted by Crippen LogP contribution is -2.44. The second-order valence-corrected chi connectivity index (χ2v) is 8.46. The van der Waals surface area contributed by atoms with Crippen LogP contribution in [0.2, 0.25) is 0 Å². The first-order valence-electron chi connectivity index (χ1n) is 7.84. The predicted molar refractivity (Wildman–Crippen MR) is 82.2 cm³/mol. The molecule has 0 heterocycles. The molecule has 0 aromatic carbocycles. The van der Waals surface area contributed by atoms with Gasteiger partial charge in [-0.15, -0.1) is 0 Å². The maximum Gasteiger partial charge on any atom is 0.147 e. The zero-order valence-corrected chi connectivity index (χ0v) is 13.7. The van der Waals surface area contributed by atoms with Crippen molar-refractivity contribution in [2.45, 2.75) is 71.3 Å². The molecule has 3 nitrogen and oxygen atoms in total. The molecule has 4 heteroatoms. The fourth-order valence-electron chi connectivity index (χ4n) is 3.52. The van der Waals surface area contributed by atoms with Crippen LogP contribution in [0.1, 0.15) is 65.2 Å². The minimum Gasteiger partial charge on any atom is -0.313 e. The van der Waals surface area contributed by atoms with Crippen molar-refractivity contribution in [3.8, 4) is 0 Å². The van der Waals surface area contributed by atoms with Crippen LogP contribution in [0.25, 0.3) is 0 Å². The number of hydrogen-bond acceptors (Lipinski definition) is 3. The second kappa shape index (κ2) is 7.63. The molecule has 0 spiro atoms. The van der Waals surface area contributed by atoms with Gasteiger partial charge in [-0.25, -0.2) is 8.42 Å². The highest BCUT2D eigenvalue weighted by Crippen LogP contribution is 2.45. The SMILES string of the molecule is CCCNC(CCCS(C)(=O)=O)C1(CC)CCCC1. The molecule has 1 rings (SSSR count). The van der Waals surface area contributed by atoms with Gasteiger partial charge >= 0.3 is 0 Å². The summed E-state index contributed by atoms with van der Waals surface area (Å²) in [4.78, 5) is 0. The van der Waals surface area contributed by atoms with Gasteiger partial charge in [0.2, 0.25) is 0 Å². The Labute approximate surface area is 119 Å². The molecule has 1 unspecified atom stereocenters. The van der Waals surface area contributed by atoms with E-state index in [2.05, 4.69) is 19.2 Å². The highest BCUT2D eigenvalue weighted by atomic mass is 32.2. The minimum atomic E-state index is -2.82. The average Bonchev–Trinajstić information content (AvgIpc) is 2.82. The van der Waals surface area contributed by atoms with Gasteiger partial charge < -0.3 is 5.32 Å². The third-order valence-corrected chi connectivity index (χ3v) is 5.72. The molecule has 1 fully saturated rings. The van der Waals surface area contributed by atoms with Crippen molar-refractivity contribution in [1.29, 1.82) is 0 Å². The molecule has 1 saturated carbocycles. The largest absolute Gasteiger partial charge is 0.313 e. The molecule has 1 aliphatic rings. The minimum absolute atomic E-state index is 0.330. The summed E-state index contributed by atoms with van der Waals surface area (Å²) in [7, 11) is -2.82. The van der Waals surface area contributed by atoms with Gasteiger partial charge in [0.1, 0.15) is 9.84 Å². The Kier molecular flexibility index (Phi) is 6.81. The maximum absolute atomic E-state index is 11.3. The van der Waals surface area contributed by atoms with Gasteiger partial charge in [0.25, 0.3) is 0 Å². The first-order chi connectivity index (χ1) is 8.93. The summed E-state index contributed by atoms with van der Waals surface area (Å²) in [5, 5.41) is 3.69. The van der Waals surface area contributed by atoms with Gasteiger partial charge in [-0.05, 0) is 50.5 Å². The van der Waals surface area contributed by atoms with E-state index in [0.717, 1.165) is 25.8 Å². The van der Waals surface area contributed by atoms with Crippen LogP contribution in [0.15, 0.2) is 0 Å². The molecule has 1 aliphatic carbocycles. The van der Waals surface area contributed by atoms with Gasteiger partial charge in [0, 0.05) is 18.1 Å². The fourth-order valence-corrected chi connectivity index (χ4v) is 4.21. The Hall–Kier alpha value is -0.0900. The van der Waals surface area contributed by atoms with E-state index >= 15 is 0 Å². The van der Waals surface area contributed by atoms with E-state index in [1.807, 2.05) is 0 Å². The zero-order valence-electron chi connectivity index (χ0n) is 12.9. The number of rotatable bonds is 9. The molecule has 0 bridgehead atoms. The summed E-state index contributed by atoms with van der Waals surface area (Å²) >= 11 is 0. The number of hydrogen-bond donors (Lipinski definition) is 1. The third-order valence-electron chi connectivity index (χ3n) is 4.69. The lowest BCUT2D eigenvalue weighted by molar-refractivity contribution is 0.176. The van der Waals surface area contributed by atoms with Crippen LogP contribution < -0.4 is 5.32 Å². The maximum atomic E-state index is 11.3. The van der Waals surface area contributed by atoms with E-state index in [1.165, 1.54) is 38.4 Å². The van der Waals surface area contributed by atoms with Crippen molar-refractivity contribution >= 4 is 9.84 Å². The third kappa shape index (κ3) is 5.42. The van der Waals surface area contributed by atoms with Crippen LogP contribution in [-0.2, 0) is 9.84 Å². The number of sulfone groups is 1. The Morgan fingerprint density at radius 1 is 1.21 bits per heavy atom. The molecule has 0 aromatic rings. The topological polar surface area (TPSA) is 46.2 Å². The van der Waals surface area contributed by atoms with E-state index in [9.17, 15) is 8.42 Å². The van der Waals surface area contributed by atoms with Gasteiger partial charge in [0.05, 0.1) is 0 Å². The molecular weight excluding hydrogens is 258 g/mol. The van der Waals surface area contributed by atoms with Gasteiger partial charge in [0.15, 0.2) is 0 Å². The molecule has 0 aromatic heterocycles. The van der Waals surface area contributed by atoms with Gasteiger partial charge in [-0.2, -0.15) is 0 Å². The standard InChI is InChI=1S/C15H31NO2S/c1-4-12-16-14(9-8-13-19(3,17)18)15(5-2)10-6-7-11-15/h14,16H,4-13H2,1-3H3. The number of nitrogens with one attached hydrogen (secondary N) is 1. The van der Waals surface area contributed by atoms with Crippen LogP contribution >= 0.6 is 0 Å². The molecular formula is C15H31NO2S. The predicted octanol–water partition coefficient (Wildman–Crippen LogP) is 3.15. The summed E-state index contributed by atoms with van der Waals surface area (Å²) in [5.74, 6) is 0.330. The van der Waals surface area contributed by atoms with Crippen molar-refractivity contribution < 1.29 is 8.42 Å². The lowest BCUT2D eigenvalue weighted by atomic mass is 9.74. The molecule has 19 heavy (non-hydrogen) atoms. The van der Waals surface area contributed by atoms with E-state index < -0.39 is 9.84 Å². The Bertz CT molecular complexity index is 345. The highest BCUT2D eigenvalue weighted by molar-refractivity contribution is 7.90. The van der Waals surface area contributed by atoms with Crippen molar-refractivity contribution in [2.75, 3.05) is 18.6 Å². The fraction of sp³-hybridized carbons (Fsp3) is 1.00.